The Morgan fingerprint density at radius 2 is 1.82 bits per heavy atom. The summed E-state index contributed by atoms with van der Waals surface area (Å²) in [5, 5.41) is 22.8. The standard InChI is InChI=1S/C28H29N3O3/c1-3-31(4-2)19-11-14-23-25(16-19)34-26-17-24(21-7-5-6-8-22(21)28(26)30-23)29-27(33)15-18-9-12-20(32)13-10-18/h5-9,11-12,14,16-17,27,32-33H,3-4,10,13,15H2,1-2H3. The van der Waals surface area contributed by atoms with E-state index >= 15 is 0 Å². The Balaban J connectivity index is 1.63. The van der Waals surface area contributed by atoms with Crippen LogP contribution >= 0.6 is 0 Å². The monoisotopic (exact) mass is 455 g/mol. The maximum atomic E-state index is 10.7. The number of hydrogen-bond donors (Lipinski definition) is 2. The van der Waals surface area contributed by atoms with E-state index in [1.54, 1.807) is 6.08 Å². The van der Waals surface area contributed by atoms with Gasteiger partial charge in [-0.1, -0.05) is 35.9 Å². The van der Waals surface area contributed by atoms with Crippen LogP contribution in [0.4, 0.5) is 5.69 Å². The minimum absolute atomic E-state index is 0.376. The molecule has 3 aliphatic rings. The summed E-state index contributed by atoms with van der Waals surface area (Å²) in [6.45, 7) is 6.11. The fraction of sp³-hybridized carbons (Fsp3) is 0.286. The molecule has 1 heterocycles. The number of aliphatic hydroxyl groups excluding tert-OH is 2. The van der Waals surface area contributed by atoms with Crippen LogP contribution in [0.25, 0.3) is 33.3 Å². The van der Waals surface area contributed by atoms with Crippen molar-refractivity contribution in [1.29, 1.82) is 0 Å². The van der Waals surface area contributed by atoms with Crippen molar-refractivity contribution >= 4 is 27.6 Å². The fourth-order valence-corrected chi connectivity index (χ4v) is 4.60. The molecule has 0 bridgehead atoms. The molecule has 5 rings (SSSR count). The second kappa shape index (κ2) is 9.31. The number of anilines is 1. The molecule has 2 aromatic carbocycles. The molecule has 0 radical (unpaired) electrons. The average molecular weight is 456 g/mol. The molecule has 2 aliphatic carbocycles. The third-order valence-corrected chi connectivity index (χ3v) is 6.43. The van der Waals surface area contributed by atoms with Gasteiger partial charge in [-0.05, 0) is 38.5 Å². The minimum atomic E-state index is -0.886. The first-order valence-electron chi connectivity index (χ1n) is 11.9. The van der Waals surface area contributed by atoms with Gasteiger partial charge in [0.15, 0.2) is 11.3 Å². The molecule has 1 atom stereocenters. The highest BCUT2D eigenvalue weighted by Gasteiger charge is 2.17. The number of benzene rings is 3. The van der Waals surface area contributed by atoms with Crippen molar-refractivity contribution in [3.8, 4) is 11.5 Å². The van der Waals surface area contributed by atoms with E-state index in [2.05, 4.69) is 29.8 Å². The predicted molar refractivity (Wildman–Crippen MR) is 136 cm³/mol. The average Bonchev–Trinajstić information content (AvgIpc) is 2.85. The van der Waals surface area contributed by atoms with Crippen LogP contribution in [0.3, 0.4) is 0 Å². The van der Waals surface area contributed by atoms with Gasteiger partial charge in [0.25, 0.3) is 0 Å². The van der Waals surface area contributed by atoms with Crippen LogP contribution in [-0.2, 0) is 0 Å². The molecule has 2 aromatic rings. The van der Waals surface area contributed by atoms with Crippen molar-refractivity contribution < 1.29 is 14.6 Å². The fourth-order valence-electron chi connectivity index (χ4n) is 4.60. The number of allylic oxidation sites excluding steroid dienone is 3. The van der Waals surface area contributed by atoms with E-state index in [0.29, 0.717) is 29.7 Å². The third kappa shape index (κ3) is 4.29. The Morgan fingerprint density at radius 1 is 1.03 bits per heavy atom. The molecule has 1 aliphatic heterocycles. The Labute approximate surface area is 198 Å². The van der Waals surface area contributed by atoms with Crippen molar-refractivity contribution in [2.75, 3.05) is 18.0 Å². The SMILES string of the molecule is CCN(CC)c1ccc2nc3c4ccccc4c(=NC(O)CC4=CC=C(O)CC4)cc-3oc2c1. The quantitative estimate of drug-likeness (QED) is 0.288. The van der Waals surface area contributed by atoms with E-state index in [1.807, 2.05) is 48.5 Å². The van der Waals surface area contributed by atoms with Crippen molar-refractivity contribution in [3.63, 3.8) is 0 Å². The van der Waals surface area contributed by atoms with E-state index in [0.717, 1.165) is 58.3 Å². The zero-order valence-electron chi connectivity index (χ0n) is 19.5. The lowest BCUT2D eigenvalue weighted by Gasteiger charge is -2.21. The predicted octanol–water partition coefficient (Wildman–Crippen LogP) is 5.70. The third-order valence-electron chi connectivity index (χ3n) is 6.43. The highest BCUT2D eigenvalue weighted by atomic mass is 16.3. The second-order valence-electron chi connectivity index (χ2n) is 8.62. The Kier molecular flexibility index (Phi) is 6.07. The first kappa shape index (κ1) is 22.2. The molecule has 0 fully saturated rings. The number of aliphatic hydroxyl groups is 2. The maximum absolute atomic E-state index is 10.7. The van der Waals surface area contributed by atoms with E-state index in [-0.39, 0.29) is 0 Å². The van der Waals surface area contributed by atoms with Crippen LogP contribution in [0.5, 0.6) is 0 Å². The van der Waals surface area contributed by atoms with Crippen molar-refractivity contribution in [2.45, 2.75) is 39.3 Å². The smallest absolute Gasteiger partial charge is 0.155 e. The summed E-state index contributed by atoms with van der Waals surface area (Å²) in [6, 6.07) is 15.9. The van der Waals surface area contributed by atoms with E-state index in [1.165, 1.54) is 0 Å². The first-order valence-corrected chi connectivity index (χ1v) is 11.9. The zero-order chi connectivity index (χ0) is 23.7. The number of hydrogen-bond acceptors (Lipinski definition) is 6. The van der Waals surface area contributed by atoms with Gasteiger partial charge < -0.3 is 19.5 Å². The molecular weight excluding hydrogens is 426 g/mol. The Hall–Kier alpha value is -3.64. The summed E-state index contributed by atoms with van der Waals surface area (Å²) in [4.78, 5) is 11.8. The molecule has 34 heavy (non-hydrogen) atoms. The molecule has 0 amide bonds. The molecule has 0 saturated heterocycles. The molecular formula is C28H29N3O3. The minimum Gasteiger partial charge on any atom is -0.512 e. The number of rotatable bonds is 6. The van der Waals surface area contributed by atoms with E-state index in [4.69, 9.17) is 9.40 Å². The van der Waals surface area contributed by atoms with Gasteiger partial charge in [-0.3, -0.25) is 4.99 Å². The van der Waals surface area contributed by atoms with Crippen LogP contribution < -0.4 is 10.3 Å². The van der Waals surface area contributed by atoms with Gasteiger partial charge in [-0.2, -0.15) is 0 Å². The summed E-state index contributed by atoms with van der Waals surface area (Å²) in [7, 11) is 0. The number of fused-ring (bicyclic) bond motifs is 4. The highest BCUT2D eigenvalue weighted by Crippen LogP contribution is 2.32. The molecule has 6 nitrogen and oxygen atoms in total. The van der Waals surface area contributed by atoms with Gasteiger partial charge in [-0.25, -0.2) is 4.98 Å². The Bertz CT molecular complexity index is 1450. The summed E-state index contributed by atoms with van der Waals surface area (Å²) < 4.78 is 6.34. The lowest BCUT2D eigenvalue weighted by atomic mass is 10.0. The molecule has 2 N–H and O–H groups in total. The normalized spacial score (nSPS) is 15.6. The molecule has 1 unspecified atom stereocenters. The van der Waals surface area contributed by atoms with Crippen molar-refractivity contribution in [3.05, 3.63) is 77.4 Å². The summed E-state index contributed by atoms with van der Waals surface area (Å²) in [5.41, 5.74) is 4.48. The van der Waals surface area contributed by atoms with E-state index < -0.39 is 6.23 Å². The lowest BCUT2D eigenvalue weighted by molar-refractivity contribution is 0.179. The van der Waals surface area contributed by atoms with Gasteiger partial charge in [0, 0.05) is 54.5 Å². The number of aromatic nitrogens is 1. The molecule has 0 spiro atoms. The summed E-state index contributed by atoms with van der Waals surface area (Å²) in [5.74, 6) is 1.01. The second-order valence-corrected chi connectivity index (χ2v) is 8.62. The van der Waals surface area contributed by atoms with E-state index in [9.17, 15) is 10.2 Å². The van der Waals surface area contributed by atoms with Gasteiger partial charge >= 0.3 is 0 Å². The number of nitrogens with zero attached hydrogens (tertiary/aromatic N) is 3. The van der Waals surface area contributed by atoms with Gasteiger partial charge in [0.1, 0.15) is 17.4 Å². The Morgan fingerprint density at radius 3 is 2.56 bits per heavy atom. The van der Waals surface area contributed by atoms with Crippen LogP contribution in [-0.4, -0.2) is 34.5 Å². The van der Waals surface area contributed by atoms with Crippen LogP contribution in [0.1, 0.15) is 33.1 Å². The van der Waals surface area contributed by atoms with Crippen molar-refractivity contribution in [2.24, 2.45) is 4.99 Å². The maximum Gasteiger partial charge on any atom is 0.155 e. The molecule has 0 aromatic heterocycles. The largest absolute Gasteiger partial charge is 0.512 e. The first-order chi connectivity index (χ1) is 16.6. The topological polar surface area (TPSA) is 82.1 Å². The van der Waals surface area contributed by atoms with Gasteiger partial charge in [0.05, 0.1) is 11.1 Å². The molecule has 174 valence electrons. The van der Waals surface area contributed by atoms with Gasteiger partial charge in [-0.15, -0.1) is 0 Å². The van der Waals surface area contributed by atoms with Gasteiger partial charge in [0.2, 0.25) is 0 Å². The zero-order valence-corrected chi connectivity index (χ0v) is 19.5. The van der Waals surface area contributed by atoms with Crippen LogP contribution in [0, 0.1) is 0 Å². The highest BCUT2D eigenvalue weighted by molar-refractivity contribution is 5.96. The molecule has 6 heteroatoms. The van der Waals surface area contributed by atoms with Crippen LogP contribution in [0.2, 0.25) is 0 Å². The summed E-state index contributed by atoms with van der Waals surface area (Å²) >= 11 is 0. The van der Waals surface area contributed by atoms with Crippen molar-refractivity contribution in [1.82, 2.24) is 4.98 Å². The van der Waals surface area contributed by atoms with Crippen LogP contribution in [0.15, 0.2) is 81.4 Å². The summed E-state index contributed by atoms with van der Waals surface area (Å²) in [6.07, 6.45) is 4.44. The molecule has 0 saturated carbocycles. The lowest BCUT2D eigenvalue weighted by Crippen LogP contribution is -2.21.